The number of nitrogens with zero attached hydrogens (tertiary/aromatic N) is 2. The first-order valence-corrected chi connectivity index (χ1v) is 16.4. The van der Waals surface area contributed by atoms with Crippen LogP contribution < -0.4 is 28.4 Å². The van der Waals surface area contributed by atoms with Crippen LogP contribution in [-0.4, -0.2) is 65.4 Å². The molecule has 0 N–H and O–H groups in total. The fourth-order valence-electron chi connectivity index (χ4n) is 7.50. The highest BCUT2D eigenvalue weighted by atomic mass is 16.5. The van der Waals surface area contributed by atoms with E-state index in [4.69, 9.17) is 28.4 Å². The fraction of sp³-hybridized carbons (Fsp3) is 0.385. The van der Waals surface area contributed by atoms with Crippen molar-refractivity contribution < 1.29 is 28.4 Å². The third-order valence-electron chi connectivity index (χ3n) is 10.1. The maximum absolute atomic E-state index is 7.04. The van der Waals surface area contributed by atoms with Crippen molar-refractivity contribution in [2.45, 2.75) is 44.2 Å². The molecule has 8 heteroatoms. The lowest BCUT2D eigenvalue weighted by atomic mass is 9.87. The monoisotopic (exact) mass is 636 g/mol. The molecule has 8 nitrogen and oxygen atoms in total. The Morgan fingerprint density at radius 1 is 0.617 bits per heavy atom. The number of rotatable bonds is 4. The van der Waals surface area contributed by atoms with Crippen LogP contribution in [0.1, 0.15) is 51.9 Å². The van der Waals surface area contributed by atoms with Gasteiger partial charge >= 0.3 is 0 Å². The lowest BCUT2D eigenvalue weighted by Crippen LogP contribution is -2.34. The van der Waals surface area contributed by atoms with E-state index < -0.39 is 0 Å². The number of hydrogen-bond donors (Lipinski definition) is 0. The fourth-order valence-corrected chi connectivity index (χ4v) is 7.50. The van der Waals surface area contributed by atoms with Crippen LogP contribution in [0.25, 0.3) is 0 Å². The molecule has 8 rings (SSSR count). The Bertz CT molecular complexity index is 1770. The number of ether oxygens (including phenoxy) is 6. The van der Waals surface area contributed by atoms with Crippen LogP contribution in [0.3, 0.4) is 0 Å². The minimum absolute atomic E-state index is 0.00123. The lowest BCUT2D eigenvalue weighted by Gasteiger charge is -2.37. The first-order chi connectivity index (χ1) is 22.9. The SMILES string of the molecule is COc1ccc2cc1Oc1ccc(cc1)CC[C@H]1c3cc(c(OC)cc3CCN1C)Oc1c(OC)c(OC)cc3c1[C@H](C2)N(C)CC3. The number of hydrogen-bond acceptors (Lipinski definition) is 8. The van der Waals surface area contributed by atoms with E-state index in [0.717, 1.165) is 62.1 Å². The van der Waals surface area contributed by atoms with Crippen molar-refractivity contribution in [3.05, 3.63) is 94.0 Å². The molecule has 0 aromatic heterocycles. The van der Waals surface area contributed by atoms with E-state index in [2.05, 4.69) is 78.5 Å². The number of fused-ring (bicyclic) bond motifs is 3. The van der Waals surface area contributed by atoms with E-state index in [9.17, 15) is 0 Å². The molecule has 4 aliphatic heterocycles. The van der Waals surface area contributed by atoms with Crippen molar-refractivity contribution >= 4 is 0 Å². The van der Waals surface area contributed by atoms with Gasteiger partial charge in [-0.05, 0) is 116 Å². The highest BCUT2D eigenvalue weighted by molar-refractivity contribution is 5.63. The Kier molecular flexibility index (Phi) is 8.64. The van der Waals surface area contributed by atoms with Gasteiger partial charge in [0, 0.05) is 30.7 Å². The van der Waals surface area contributed by atoms with E-state index in [1.54, 1.807) is 28.4 Å². The van der Waals surface area contributed by atoms with Crippen molar-refractivity contribution in [3.63, 3.8) is 0 Å². The summed E-state index contributed by atoms with van der Waals surface area (Å²) >= 11 is 0. The van der Waals surface area contributed by atoms with Gasteiger partial charge in [-0.1, -0.05) is 18.2 Å². The molecule has 0 fully saturated rings. The van der Waals surface area contributed by atoms with Gasteiger partial charge in [-0.2, -0.15) is 0 Å². The van der Waals surface area contributed by atoms with Crippen LogP contribution >= 0.6 is 0 Å². The zero-order valence-electron chi connectivity index (χ0n) is 28.2. The molecule has 4 aromatic rings. The Labute approximate surface area is 277 Å². The van der Waals surface area contributed by atoms with Gasteiger partial charge in [0.2, 0.25) is 5.75 Å². The van der Waals surface area contributed by atoms with Crippen LogP contribution in [-0.2, 0) is 25.7 Å². The molecule has 47 heavy (non-hydrogen) atoms. The van der Waals surface area contributed by atoms with E-state index >= 15 is 0 Å². The van der Waals surface area contributed by atoms with Crippen molar-refractivity contribution in [3.8, 4) is 46.0 Å². The molecule has 2 atom stereocenters. The maximum atomic E-state index is 7.04. The van der Waals surface area contributed by atoms with Crippen LogP contribution in [0.15, 0.2) is 60.7 Å². The highest BCUT2D eigenvalue weighted by Gasteiger charge is 2.34. The Hall–Kier alpha value is -4.40. The zero-order chi connectivity index (χ0) is 32.7. The molecular formula is C39H44N2O6. The predicted molar refractivity (Wildman–Crippen MR) is 182 cm³/mol. The largest absolute Gasteiger partial charge is 0.493 e. The summed E-state index contributed by atoms with van der Waals surface area (Å²) < 4.78 is 37.1. The standard InChI is InChI=1S/C39H44N2O6/c1-40-17-15-26-21-33(43-4)35-23-29(26)30(40)13-9-24-7-11-28(12-8-24)46-34-20-25(10-14-32(34)42-3)19-31-37-27(16-18-41(31)2)22-36(44-5)38(45-6)39(37)47-35/h7-8,10-12,14,20-23,30-31H,9,13,15-19H2,1-6H3/t30-,31-/m0/s1. The molecule has 0 aliphatic carbocycles. The average molecular weight is 637 g/mol. The second-order valence-electron chi connectivity index (χ2n) is 12.8. The molecule has 4 heterocycles. The molecule has 4 aliphatic rings. The van der Waals surface area contributed by atoms with Gasteiger partial charge in [0.15, 0.2) is 34.5 Å². The molecule has 0 radical (unpaired) electrons. The summed E-state index contributed by atoms with van der Waals surface area (Å²) in [6.45, 7) is 1.88. The van der Waals surface area contributed by atoms with Crippen molar-refractivity contribution in [1.82, 2.24) is 9.80 Å². The van der Waals surface area contributed by atoms with Crippen LogP contribution in [0.4, 0.5) is 0 Å². The first kappa shape index (κ1) is 31.2. The van der Waals surface area contributed by atoms with Crippen molar-refractivity contribution in [1.29, 1.82) is 0 Å². The molecule has 0 saturated heterocycles. The highest BCUT2D eigenvalue weighted by Crippen LogP contribution is 2.52. The number of likely N-dealkylation sites (N-methyl/N-ethyl adjacent to an activating group) is 2. The molecule has 6 bridgehead atoms. The number of benzene rings is 4. The summed E-state index contributed by atoms with van der Waals surface area (Å²) in [5, 5.41) is 0. The van der Waals surface area contributed by atoms with E-state index in [1.165, 1.54) is 22.3 Å². The summed E-state index contributed by atoms with van der Waals surface area (Å²) in [6.07, 6.45) is 4.44. The van der Waals surface area contributed by atoms with Gasteiger partial charge in [0.05, 0.1) is 28.4 Å². The van der Waals surface area contributed by atoms with Gasteiger partial charge in [0.25, 0.3) is 0 Å². The summed E-state index contributed by atoms with van der Waals surface area (Å²) in [5.41, 5.74) is 7.25. The lowest BCUT2D eigenvalue weighted by molar-refractivity contribution is 0.217. The normalized spacial score (nSPS) is 19.3. The molecule has 0 unspecified atom stereocenters. The molecule has 4 aromatic carbocycles. The van der Waals surface area contributed by atoms with Gasteiger partial charge < -0.3 is 28.4 Å². The van der Waals surface area contributed by atoms with Crippen molar-refractivity contribution in [2.75, 3.05) is 55.6 Å². The molecular weight excluding hydrogens is 592 g/mol. The zero-order valence-corrected chi connectivity index (χ0v) is 28.2. The maximum Gasteiger partial charge on any atom is 0.204 e. The minimum atomic E-state index is -0.00123. The van der Waals surface area contributed by atoms with E-state index in [0.29, 0.717) is 40.2 Å². The summed E-state index contributed by atoms with van der Waals surface area (Å²) in [7, 11) is 11.1. The third kappa shape index (κ3) is 5.85. The minimum Gasteiger partial charge on any atom is -0.493 e. The van der Waals surface area contributed by atoms with Crippen molar-refractivity contribution in [2.24, 2.45) is 0 Å². The van der Waals surface area contributed by atoms with E-state index in [-0.39, 0.29) is 12.1 Å². The molecule has 246 valence electrons. The van der Waals surface area contributed by atoms with Gasteiger partial charge in [0.1, 0.15) is 5.75 Å². The molecule has 0 spiro atoms. The van der Waals surface area contributed by atoms with Gasteiger partial charge in [-0.3, -0.25) is 9.80 Å². The quantitative estimate of drug-likeness (QED) is 0.228. The predicted octanol–water partition coefficient (Wildman–Crippen LogP) is 7.55. The average Bonchev–Trinajstić information content (AvgIpc) is 3.09. The Morgan fingerprint density at radius 3 is 2.00 bits per heavy atom. The first-order valence-electron chi connectivity index (χ1n) is 16.4. The Balaban J connectivity index is 1.44. The number of aryl methyl sites for hydroxylation is 1. The Morgan fingerprint density at radius 2 is 1.28 bits per heavy atom. The van der Waals surface area contributed by atoms with Gasteiger partial charge in [-0.25, -0.2) is 0 Å². The molecule has 0 amide bonds. The second-order valence-corrected chi connectivity index (χ2v) is 12.8. The second kappa shape index (κ2) is 13.0. The van der Waals surface area contributed by atoms with Gasteiger partial charge in [-0.15, -0.1) is 0 Å². The molecule has 0 saturated carbocycles. The summed E-state index contributed by atoms with van der Waals surface area (Å²) in [4.78, 5) is 4.85. The number of methoxy groups -OCH3 is 4. The van der Waals surface area contributed by atoms with Crippen LogP contribution in [0.5, 0.6) is 46.0 Å². The smallest absolute Gasteiger partial charge is 0.204 e. The van der Waals surface area contributed by atoms with E-state index in [1.807, 2.05) is 6.07 Å². The third-order valence-corrected chi connectivity index (χ3v) is 10.1. The summed E-state index contributed by atoms with van der Waals surface area (Å²) in [5.74, 6) is 5.45. The topological polar surface area (TPSA) is 61.9 Å². The van der Waals surface area contributed by atoms with Crippen LogP contribution in [0, 0.1) is 0 Å². The summed E-state index contributed by atoms with van der Waals surface area (Å²) in [6, 6.07) is 21.4. The van der Waals surface area contributed by atoms with Crippen LogP contribution in [0.2, 0.25) is 0 Å².